The first kappa shape index (κ1) is 17.0. The van der Waals surface area contributed by atoms with Crippen LogP contribution in [0.1, 0.15) is 16.7 Å². The van der Waals surface area contributed by atoms with Gasteiger partial charge in [0.05, 0.1) is 0 Å². The zero-order valence-corrected chi connectivity index (χ0v) is 14.7. The van der Waals surface area contributed by atoms with Crippen LogP contribution in [0.2, 0.25) is 0 Å². The first-order valence-corrected chi connectivity index (χ1v) is 9.75. The molecule has 1 atom stereocenters. The number of hydrogen-bond acceptors (Lipinski definition) is 3. The fourth-order valence-electron chi connectivity index (χ4n) is 2.10. The van der Waals surface area contributed by atoms with Crippen molar-refractivity contribution in [3.8, 4) is 5.75 Å². The van der Waals surface area contributed by atoms with E-state index in [1.54, 1.807) is 6.26 Å². The van der Waals surface area contributed by atoms with Crippen LogP contribution in [0.15, 0.2) is 52.8 Å². The Hall–Kier alpha value is -1.36. The van der Waals surface area contributed by atoms with Gasteiger partial charge in [-0.25, -0.2) is 0 Å². The molecule has 22 heavy (non-hydrogen) atoms. The van der Waals surface area contributed by atoms with Gasteiger partial charge in [0, 0.05) is 11.6 Å². The van der Waals surface area contributed by atoms with Crippen LogP contribution in [0, 0.1) is 6.92 Å². The quantitative estimate of drug-likeness (QED) is 0.724. The summed E-state index contributed by atoms with van der Waals surface area (Å²) >= 11 is 0.517. The fraction of sp³-hybridized carbons (Fsp3) is 0.222. The summed E-state index contributed by atoms with van der Waals surface area (Å²) in [5, 5.41) is 0. The number of aryl methyl sites for hydroxylation is 1. The van der Waals surface area contributed by atoms with Gasteiger partial charge in [-0.05, 0) is 35.5 Å². The maximum absolute atomic E-state index is 11.7. The van der Waals surface area contributed by atoms with Crippen LogP contribution >= 0.6 is 11.8 Å². The highest BCUT2D eigenvalue weighted by Gasteiger charge is 2.11. The molecule has 2 nitrogen and oxygen atoms in total. The zero-order valence-electron chi connectivity index (χ0n) is 13.0. The summed E-state index contributed by atoms with van der Waals surface area (Å²) in [5.41, 5.74) is 3.17. The summed E-state index contributed by atoms with van der Waals surface area (Å²) in [6.07, 6.45) is 5.59. The molecule has 0 fully saturated rings. The molecule has 0 saturated carbocycles. The Balaban J connectivity index is 2.27. The lowest BCUT2D eigenvalue weighted by Gasteiger charge is -2.13. The molecule has 0 aliphatic heterocycles. The van der Waals surface area contributed by atoms with Crippen molar-refractivity contribution in [3.05, 3.63) is 69.5 Å². The molecule has 0 aliphatic carbocycles. The van der Waals surface area contributed by atoms with Crippen molar-refractivity contribution in [1.29, 1.82) is 0 Å². The van der Waals surface area contributed by atoms with E-state index in [4.69, 9.17) is 4.74 Å². The van der Waals surface area contributed by atoms with Crippen LogP contribution in [-0.4, -0.2) is 17.1 Å². The highest BCUT2D eigenvalue weighted by Crippen LogP contribution is 2.30. The summed E-state index contributed by atoms with van der Waals surface area (Å²) in [6, 6.07) is 16.1. The van der Waals surface area contributed by atoms with Crippen LogP contribution < -0.4 is 4.74 Å². The molecule has 0 radical (unpaired) electrons. The van der Waals surface area contributed by atoms with E-state index in [-0.39, 0.29) is 0 Å². The van der Waals surface area contributed by atoms with Crippen molar-refractivity contribution >= 4 is 29.0 Å². The molecule has 4 heteroatoms. The van der Waals surface area contributed by atoms with Gasteiger partial charge < -0.3 is 9.29 Å². The fourth-order valence-corrected chi connectivity index (χ4v) is 3.58. The van der Waals surface area contributed by atoms with Crippen LogP contribution in [0.4, 0.5) is 0 Å². The zero-order chi connectivity index (χ0) is 15.9. The Labute approximate surface area is 139 Å². The van der Waals surface area contributed by atoms with E-state index in [2.05, 4.69) is 0 Å². The lowest BCUT2D eigenvalue weighted by Crippen LogP contribution is -2.00. The number of benzene rings is 2. The minimum Gasteiger partial charge on any atom is -0.611 e. The molecule has 0 aromatic heterocycles. The standard InChI is InChI=1S/C18H20O2S2/c1-14-8-7-11-16(12-17(21-2)22(3)19)18(14)20-13-15-9-5-4-6-10-15/h4-12H,13H2,1-3H3. The molecular weight excluding hydrogens is 312 g/mol. The largest absolute Gasteiger partial charge is 0.611 e. The molecule has 2 aromatic rings. The molecule has 0 spiro atoms. The SMILES string of the molecule is CSC(=Cc1cccc(C)c1OCc1ccccc1)[S+](C)[O-]. The van der Waals surface area contributed by atoms with Crippen molar-refractivity contribution in [2.24, 2.45) is 0 Å². The molecule has 116 valence electrons. The van der Waals surface area contributed by atoms with Gasteiger partial charge in [-0.1, -0.05) is 60.3 Å². The second-order valence-electron chi connectivity index (χ2n) is 4.89. The summed E-state index contributed by atoms with van der Waals surface area (Å²) in [5.74, 6) is 0.850. The van der Waals surface area contributed by atoms with Gasteiger partial charge in [-0.15, -0.1) is 0 Å². The molecule has 0 saturated heterocycles. The first-order valence-electron chi connectivity index (χ1n) is 6.97. The lowest BCUT2D eigenvalue weighted by atomic mass is 10.1. The molecule has 0 amide bonds. The van der Waals surface area contributed by atoms with Crippen LogP contribution in [0.5, 0.6) is 5.75 Å². The van der Waals surface area contributed by atoms with Gasteiger partial charge in [-0.2, -0.15) is 0 Å². The van der Waals surface area contributed by atoms with E-state index >= 15 is 0 Å². The summed E-state index contributed by atoms with van der Waals surface area (Å²) in [4.78, 5) is 0. The third-order valence-electron chi connectivity index (χ3n) is 3.23. The Morgan fingerprint density at radius 2 is 1.91 bits per heavy atom. The second kappa shape index (κ2) is 8.32. The van der Waals surface area contributed by atoms with Crippen molar-refractivity contribution < 1.29 is 9.29 Å². The van der Waals surface area contributed by atoms with Gasteiger partial charge in [0.25, 0.3) is 0 Å². The maximum Gasteiger partial charge on any atom is 0.186 e. The van der Waals surface area contributed by atoms with E-state index in [1.807, 2.05) is 67.8 Å². The van der Waals surface area contributed by atoms with Gasteiger partial charge in [0.1, 0.15) is 18.6 Å². The van der Waals surface area contributed by atoms with Gasteiger partial charge in [-0.3, -0.25) is 0 Å². The normalized spacial score (nSPS) is 13.0. The van der Waals surface area contributed by atoms with E-state index in [9.17, 15) is 4.55 Å². The Morgan fingerprint density at radius 3 is 2.55 bits per heavy atom. The van der Waals surface area contributed by atoms with Gasteiger partial charge in [0.15, 0.2) is 4.24 Å². The average Bonchev–Trinajstić information content (AvgIpc) is 2.52. The highest BCUT2D eigenvalue weighted by atomic mass is 32.3. The van der Waals surface area contributed by atoms with E-state index in [0.29, 0.717) is 6.61 Å². The Morgan fingerprint density at radius 1 is 1.18 bits per heavy atom. The third-order valence-corrected chi connectivity index (χ3v) is 5.64. The monoisotopic (exact) mass is 332 g/mol. The van der Waals surface area contributed by atoms with E-state index < -0.39 is 11.2 Å². The molecule has 0 bridgehead atoms. The number of hydrogen-bond donors (Lipinski definition) is 0. The van der Waals surface area contributed by atoms with Crippen molar-refractivity contribution in [1.82, 2.24) is 0 Å². The average molecular weight is 332 g/mol. The lowest BCUT2D eigenvalue weighted by molar-refractivity contribution is 0.303. The van der Waals surface area contributed by atoms with Crippen molar-refractivity contribution in [3.63, 3.8) is 0 Å². The predicted octanol–water partition coefficient (Wildman–Crippen LogP) is 4.61. The number of ether oxygens (including phenoxy) is 1. The van der Waals surface area contributed by atoms with E-state index in [1.165, 1.54) is 11.8 Å². The van der Waals surface area contributed by atoms with Gasteiger partial charge in [0.2, 0.25) is 0 Å². The van der Waals surface area contributed by atoms with Gasteiger partial charge >= 0.3 is 0 Å². The van der Waals surface area contributed by atoms with E-state index in [0.717, 1.165) is 26.7 Å². The maximum atomic E-state index is 11.7. The smallest absolute Gasteiger partial charge is 0.186 e. The summed E-state index contributed by atoms with van der Waals surface area (Å²) in [7, 11) is 0. The molecular formula is C18H20O2S2. The van der Waals surface area contributed by atoms with Crippen molar-refractivity contribution in [2.75, 3.05) is 12.5 Å². The van der Waals surface area contributed by atoms with Crippen LogP contribution in [0.25, 0.3) is 6.08 Å². The minimum atomic E-state index is -0.990. The molecule has 0 heterocycles. The molecule has 0 aliphatic rings. The minimum absolute atomic E-state index is 0.524. The Bertz CT molecular complexity index is 637. The topological polar surface area (TPSA) is 32.3 Å². The molecule has 2 rings (SSSR count). The van der Waals surface area contributed by atoms with Crippen LogP contribution in [-0.2, 0) is 17.8 Å². The summed E-state index contributed by atoms with van der Waals surface area (Å²) in [6.45, 7) is 2.55. The first-order chi connectivity index (χ1) is 10.6. The molecule has 2 aromatic carbocycles. The summed E-state index contributed by atoms with van der Waals surface area (Å²) < 4.78 is 18.6. The molecule has 1 unspecified atom stereocenters. The number of para-hydroxylation sites is 1. The predicted molar refractivity (Wildman–Crippen MR) is 97.5 cm³/mol. The molecule has 0 N–H and O–H groups in total. The highest BCUT2D eigenvalue weighted by molar-refractivity contribution is 8.18. The Kier molecular flexibility index (Phi) is 6.43. The second-order valence-corrected chi connectivity index (χ2v) is 7.34. The number of rotatable bonds is 6. The third kappa shape index (κ3) is 4.57. The van der Waals surface area contributed by atoms with Crippen molar-refractivity contribution in [2.45, 2.75) is 13.5 Å². The van der Waals surface area contributed by atoms with Crippen LogP contribution in [0.3, 0.4) is 0 Å². The number of thioether (sulfide) groups is 1.